The SMILES string of the molecule is CC1=NC2C(NC(C)(C)C(C)(C)N2C)C(C)=N1.Cc1nc(C)c2nc(C)c(C)nc2n1. The molecule has 1 N–H and O–H groups in total. The topological polar surface area (TPSA) is 91.6 Å². The van der Waals surface area contributed by atoms with Crippen LogP contribution in [0.1, 0.15) is 64.4 Å². The first kappa shape index (κ1) is 23.3. The highest BCUT2D eigenvalue weighted by atomic mass is 15.4. The van der Waals surface area contributed by atoms with Gasteiger partial charge in [-0.3, -0.25) is 10.2 Å². The van der Waals surface area contributed by atoms with Crippen LogP contribution in [0.4, 0.5) is 0 Å². The molecule has 168 valence electrons. The number of aryl methyl sites for hydroxylation is 4. The largest absolute Gasteiger partial charge is 0.299 e. The Kier molecular flexibility index (Phi) is 6.01. The van der Waals surface area contributed by atoms with Gasteiger partial charge in [-0.1, -0.05) is 0 Å². The van der Waals surface area contributed by atoms with Crippen molar-refractivity contribution in [2.75, 3.05) is 7.05 Å². The first-order valence-electron chi connectivity index (χ1n) is 10.8. The molecule has 2 atom stereocenters. The molecule has 8 heteroatoms. The van der Waals surface area contributed by atoms with Gasteiger partial charge in [-0.25, -0.2) is 29.9 Å². The van der Waals surface area contributed by atoms with Crippen molar-refractivity contribution in [2.24, 2.45) is 9.98 Å². The summed E-state index contributed by atoms with van der Waals surface area (Å²) < 4.78 is 0. The molecule has 2 aromatic heterocycles. The minimum atomic E-state index is 0.0282. The first-order chi connectivity index (χ1) is 14.2. The van der Waals surface area contributed by atoms with Crippen LogP contribution in [0.25, 0.3) is 11.2 Å². The molecule has 2 aliphatic rings. The molecule has 2 aliphatic heterocycles. The molecule has 2 unspecified atom stereocenters. The highest BCUT2D eigenvalue weighted by Crippen LogP contribution is 2.36. The highest BCUT2D eigenvalue weighted by Gasteiger charge is 2.51. The number of nitrogens with zero attached hydrogens (tertiary/aromatic N) is 7. The summed E-state index contributed by atoms with van der Waals surface area (Å²) in [5, 5.41) is 3.71. The zero-order valence-electron chi connectivity index (χ0n) is 20.8. The predicted molar refractivity (Wildman–Crippen MR) is 127 cm³/mol. The molecule has 0 saturated carbocycles. The molecule has 8 nitrogen and oxygen atoms in total. The first-order valence-corrected chi connectivity index (χ1v) is 10.8. The second-order valence-electron chi connectivity index (χ2n) is 9.68. The predicted octanol–water partition coefficient (Wildman–Crippen LogP) is 3.32. The second-order valence-corrected chi connectivity index (χ2v) is 9.68. The Morgan fingerprint density at radius 1 is 0.806 bits per heavy atom. The molecule has 2 aromatic rings. The fraction of sp³-hybridized carbons (Fsp3) is 0.652. The maximum Gasteiger partial charge on any atom is 0.182 e. The van der Waals surface area contributed by atoms with E-state index in [0.29, 0.717) is 5.65 Å². The van der Waals surface area contributed by atoms with Gasteiger partial charge >= 0.3 is 0 Å². The van der Waals surface area contributed by atoms with E-state index in [2.05, 4.69) is 81.8 Å². The van der Waals surface area contributed by atoms with Crippen molar-refractivity contribution in [3.63, 3.8) is 0 Å². The third kappa shape index (κ3) is 4.23. The smallest absolute Gasteiger partial charge is 0.182 e. The zero-order valence-corrected chi connectivity index (χ0v) is 20.8. The number of amidine groups is 1. The molecule has 0 radical (unpaired) electrons. The van der Waals surface area contributed by atoms with E-state index < -0.39 is 0 Å². The number of aromatic nitrogens is 4. The van der Waals surface area contributed by atoms with Crippen molar-refractivity contribution in [1.29, 1.82) is 0 Å². The third-order valence-corrected chi connectivity index (χ3v) is 6.96. The normalized spacial score (nSPS) is 24.6. The number of fused-ring (bicyclic) bond motifs is 2. The van der Waals surface area contributed by atoms with Gasteiger partial charge in [-0.2, -0.15) is 0 Å². The van der Waals surface area contributed by atoms with Crippen molar-refractivity contribution < 1.29 is 0 Å². The minimum absolute atomic E-state index is 0.0282. The molecule has 0 bridgehead atoms. The van der Waals surface area contributed by atoms with Gasteiger partial charge in [0, 0.05) is 16.8 Å². The zero-order chi connectivity index (χ0) is 23.3. The number of aliphatic imine (C=N–C) groups is 2. The number of hydrogen-bond acceptors (Lipinski definition) is 8. The van der Waals surface area contributed by atoms with Gasteiger partial charge in [0.15, 0.2) is 5.65 Å². The van der Waals surface area contributed by atoms with Gasteiger partial charge in [0.1, 0.15) is 23.3 Å². The average molecular weight is 425 g/mol. The fourth-order valence-electron chi connectivity index (χ4n) is 4.05. The molecular formula is C23H36N8. The lowest BCUT2D eigenvalue weighted by Gasteiger charge is -2.58. The average Bonchev–Trinajstić information content (AvgIpc) is 2.64. The fourth-order valence-corrected chi connectivity index (χ4v) is 4.05. The number of piperazine rings is 1. The summed E-state index contributed by atoms with van der Waals surface area (Å²) in [5.41, 5.74) is 5.47. The standard InChI is InChI=1S/C13H24N4.C10H12N4/c1-8-10-11(15-9(2)14-8)17(7)13(5,6)12(3,4)16-10;1-5-6(2)13-10-9(12-5)7(3)11-8(4)14-10/h10-11,16H,1-7H3;1-4H3. The van der Waals surface area contributed by atoms with Crippen LogP contribution in [-0.2, 0) is 0 Å². The van der Waals surface area contributed by atoms with E-state index in [1.807, 2.05) is 34.6 Å². The maximum absolute atomic E-state index is 4.69. The minimum Gasteiger partial charge on any atom is -0.299 e. The lowest BCUT2D eigenvalue weighted by molar-refractivity contribution is -0.0235. The summed E-state index contributed by atoms with van der Waals surface area (Å²) in [6.45, 7) is 20.8. The van der Waals surface area contributed by atoms with Crippen molar-refractivity contribution >= 4 is 22.7 Å². The monoisotopic (exact) mass is 424 g/mol. The van der Waals surface area contributed by atoms with Gasteiger partial charge in [-0.05, 0) is 76.3 Å². The Labute approximate surface area is 185 Å². The van der Waals surface area contributed by atoms with Crippen LogP contribution >= 0.6 is 0 Å². The van der Waals surface area contributed by atoms with Crippen molar-refractivity contribution in [2.45, 2.75) is 92.5 Å². The summed E-state index contributed by atoms with van der Waals surface area (Å²) in [6.07, 6.45) is 0.163. The van der Waals surface area contributed by atoms with Gasteiger partial charge in [0.25, 0.3) is 0 Å². The van der Waals surface area contributed by atoms with Gasteiger partial charge < -0.3 is 0 Å². The Balaban J connectivity index is 0.000000179. The second kappa shape index (κ2) is 7.98. The van der Waals surface area contributed by atoms with Crippen LogP contribution in [0, 0.1) is 27.7 Å². The number of nitrogens with one attached hydrogen (secondary N) is 1. The molecule has 1 fully saturated rings. The summed E-state index contributed by atoms with van der Waals surface area (Å²) in [5.74, 6) is 1.63. The van der Waals surface area contributed by atoms with E-state index in [9.17, 15) is 0 Å². The van der Waals surface area contributed by atoms with Crippen molar-refractivity contribution in [1.82, 2.24) is 30.2 Å². The molecule has 0 aliphatic carbocycles. The van der Waals surface area contributed by atoms with Crippen LogP contribution in [0.15, 0.2) is 9.98 Å². The van der Waals surface area contributed by atoms with Gasteiger partial charge in [0.05, 0.1) is 23.1 Å². The molecular weight excluding hydrogens is 388 g/mol. The van der Waals surface area contributed by atoms with E-state index in [-0.39, 0.29) is 23.3 Å². The number of rotatable bonds is 0. The van der Waals surface area contributed by atoms with Crippen LogP contribution in [0.5, 0.6) is 0 Å². The molecule has 4 heterocycles. The molecule has 0 spiro atoms. The van der Waals surface area contributed by atoms with Crippen molar-refractivity contribution in [3.8, 4) is 0 Å². The highest BCUT2D eigenvalue weighted by molar-refractivity contribution is 6.01. The summed E-state index contributed by atoms with van der Waals surface area (Å²) >= 11 is 0. The number of likely N-dealkylation sites (N-methyl/N-ethyl adjacent to an activating group) is 1. The summed E-state index contributed by atoms with van der Waals surface area (Å²) in [7, 11) is 2.16. The molecule has 1 saturated heterocycles. The Hall–Kier alpha value is -2.32. The van der Waals surface area contributed by atoms with Gasteiger partial charge in [-0.15, -0.1) is 0 Å². The quantitative estimate of drug-likeness (QED) is 0.697. The van der Waals surface area contributed by atoms with Gasteiger partial charge in [0.2, 0.25) is 0 Å². The van der Waals surface area contributed by atoms with E-state index in [1.165, 1.54) is 0 Å². The lowest BCUT2D eigenvalue weighted by Crippen LogP contribution is -2.76. The van der Waals surface area contributed by atoms with E-state index in [0.717, 1.165) is 40.0 Å². The Morgan fingerprint density at radius 2 is 1.42 bits per heavy atom. The summed E-state index contributed by atoms with van der Waals surface area (Å²) in [4.78, 5) is 28.9. The number of hydrogen-bond donors (Lipinski definition) is 1. The van der Waals surface area contributed by atoms with Crippen LogP contribution in [0.2, 0.25) is 0 Å². The Morgan fingerprint density at radius 3 is 2.06 bits per heavy atom. The van der Waals surface area contributed by atoms with Crippen molar-refractivity contribution in [3.05, 3.63) is 22.9 Å². The maximum atomic E-state index is 4.69. The van der Waals surface area contributed by atoms with Crippen LogP contribution in [-0.4, -0.2) is 66.7 Å². The van der Waals surface area contributed by atoms with E-state index in [4.69, 9.17) is 0 Å². The summed E-state index contributed by atoms with van der Waals surface area (Å²) in [6, 6.07) is 0.228. The van der Waals surface area contributed by atoms with E-state index in [1.54, 1.807) is 0 Å². The lowest BCUT2D eigenvalue weighted by atomic mass is 9.76. The third-order valence-electron chi connectivity index (χ3n) is 6.96. The molecule has 0 amide bonds. The Bertz CT molecular complexity index is 1070. The van der Waals surface area contributed by atoms with Crippen LogP contribution in [0.3, 0.4) is 0 Å². The van der Waals surface area contributed by atoms with Crippen LogP contribution < -0.4 is 5.32 Å². The molecule has 4 rings (SSSR count). The molecule has 0 aromatic carbocycles. The van der Waals surface area contributed by atoms with E-state index >= 15 is 0 Å². The molecule has 31 heavy (non-hydrogen) atoms.